The molecule has 0 aliphatic carbocycles. The fourth-order valence-corrected chi connectivity index (χ4v) is 3.89. The molecule has 24 heavy (non-hydrogen) atoms. The summed E-state index contributed by atoms with van der Waals surface area (Å²) < 4.78 is 30.8. The minimum absolute atomic E-state index is 0.214. The van der Waals surface area contributed by atoms with Crippen molar-refractivity contribution in [3.8, 4) is 5.75 Å². The van der Waals surface area contributed by atoms with Gasteiger partial charge in [0.2, 0.25) is 15.9 Å². The van der Waals surface area contributed by atoms with E-state index in [0.29, 0.717) is 29.8 Å². The SMILES string of the molecule is COc1ccc(Cl)cc1N(CC(=O)N1CCCC(C)C1)S(C)(=O)=O. The van der Waals surface area contributed by atoms with E-state index in [4.69, 9.17) is 16.3 Å². The molecular weight excluding hydrogens is 352 g/mol. The van der Waals surface area contributed by atoms with Crippen LogP contribution in [0.5, 0.6) is 5.75 Å². The van der Waals surface area contributed by atoms with Crippen LogP contribution in [0.1, 0.15) is 19.8 Å². The molecule has 0 radical (unpaired) electrons. The number of rotatable bonds is 5. The van der Waals surface area contributed by atoms with Crippen LogP contribution >= 0.6 is 11.6 Å². The van der Waals surface area contributed by atoms with Crippen LogP contribution in [0.4, 0.5) is 5.69 Å². The molecule has 134 valence electrons. The van der Waals surface area contributed by atoms with Gasteiger partial charge < -0.3 is 9.64 Å². The summed E-state index contributed by atoms with van der Waals surface area (Å²) in [5.41, 5.74) is 0.269. The maximum Gasteiger partial charge on any atom is 0.243 e. The van der Waals surface area contributed by atoms with Gasteiger partial charge in [0, 0.05) is 18.1 Å². The van der Waals surface area contributed by atoms with Gasteiger partial charge in [0.25, 0.3) is 0 Å². The monoisotopic (exact) mass is 374 g/mol. The molecule has 0 N–H and O–H groups in total. The van der Waals surface area contributed by atoms with E-state index >= 15 is 0 Å². The third-order valence-corrected chi connectivity index (χ3v) is 5.46. The average molecular weight is 375 g/mol. The molecule has 0 bridgehead atoms. The number of hydrogen-bond donors (Lipinski definition) is 0. The maximum absolute atomic E-state index is 12.6. The second-order valence-corrected chi connectivity index (χ2v) is 8.52. The Labute approximate surface area is 148 Å². The zero-order valence-corrected chi connectivity index (χ0v) is 15.7. The standard InChI is InChI=1S/C16H23ClN2O4S/c1-12-5-4-8-18(10-12)16(20)11-19(24(3,21)22)14-9-13(17)6-7-15(14)23-2/h6-7,9,12H,4-5,8,10-11H2,1-3H3. The van der Waals surface area contributed by atoms with E-state index in [1.54, 1.807) is 17.0 Å². The lowest BCUT2D eigenvalue weighted by Crippen LogP contribution is -2.46. The normalized spacial score (nSPS) is 18.3. The van der Waals surface area contributed by atoms with Crippen molar-refractivity contribution in [3.63, 3.8) is 0 Å². The smallest absolute Gasteiger partial charge is 0.243 e. The molecule has 6 nitrogen and oxygen atoms in total. The first-order chi connectivity index (χ1) is 11.2. The van der Waals surface area contributed by atoms with Crippen molar-refractivity contribution in [2.45, 2.75) is 19.8 Å². The van der Waals surface area contributed by atoms with Gasteiger partial charge in [-0.15, -0.1) is 0 Å². The van der Waals surface area contributed by atoms with E-state index in [-0.39, 0.29) is 18.1 Å². The highest BCUT2D eigenvalue weighted by molar-refractivity contribution is 7.92. The molecule has 0 saturated carbocycles. The largest absolute Gasteiger partial charge is 0.495 e. The molecule has 8 heteroatoms. The van der Waals surface area contributed by atoms with Crippen LogP contribution in [0.15, 0.2) is 18.2 Å². The minimum Gasteiger partial charge on any atom is -0.495 e. The van der Waals surface area contributed by atoms with Gasteiger partial charge in [0.1, 0.15) is 12.3 Å². The predicted molar refractivity (Wildman–Crippen MR) is 95.2 cm³/mol. The van der Waals surface area contributed by atoms with Gasteiger partial charge in [-0.3, -0.25) is 9.10 Å². The zero-order chi connectivity index (χ0) is 17.9. The number of halogens is 1. The number of piperidine rings is 1. The quantitative estimate of drug-likeness (QED) is 0.793. The Morgan fingerprint density at radius 3 is 2.75 bits per heavy atom. The van der Waals surface area contributed by atoms with Crippen molar-refractivity contribution in [1.82, 2.24) is 4.90 Å². The molecule has 1 saturated heterocycles. The Kier molecular flexibility index (Phi) is 5.98. The Balaban J connectivity index is 2.30. The number of anilines is 1. The van der Waals surface area contributed by atoms with Crippen LogP contribution in [-0.2, 0) is 14.8 Å². The third-order valence-electron chi connectivity index (χ3n) is 4.10. The van der Waals surface area contributed by atoms with Crippen LogP contribution < -0.4 is 9.04 Å². The molecule has 1 heterocycles. The van der Waals surface area contributed by atoms with Crippen molar-refractivity contribution in [1.29, 1.82) is 0 Å². The van der Waals surface area contributed by atoms with Crippen molar-refractivity contribution in [2.75, 3.05) is 37.3 Å². The number of carbonyl (C=O) groups excluding carboxylic acids is 1. The van der Waals surface area contributed by atoms with Gasteiger partial charge >= 0.3 is 0 Å². The van der Waals surface area contributed by atoms with E-state index in [0.717, 1.165) is 23.4 Å². The fraction of sp³-hybridized carbons (Fsp3) is 0.562. The van der Waals surface area contributed by atoms with Crippen molar-refractivity contribution < 1.29 is 17.9 Å². The highest BCUT2D eigenvalue weighted by atomic mass is 35.5. The van der Waals surface area contributed by atoms with Crippen molar-refractivity contribution in [3.05, 3.63) is 23.2 Å². The summed E-state index contributed by atoms with van der Waals surface area (Å²) in [6, 6.07) is 4.69. The van der Waals surface area contributed by atoms with Gasteiger partial charge in [-0.05, 0) is 37.0 Å². The first-order valence-corrected chi connectivity index (χ1v) is 10.0. The summed E-state index contributed by atoms with van der Waals surface area (Å²) in [6.45, 7) is 3.15. The van der Waals surface area contributed by atoms with Gasteiger partial charge in [-0.25, -0.2) is 8.42 Å². The topological polar surface area (TPSA) is 66.9 Å². The van der Waals surface area contributed by atoms with Gasteiger partial charge in [-0.2, -0.15) is 0 Å². The summed E-state index contributed by atoms with van der Waals surface area (Å²) in [5.74, 6) is 0.564. The molecule has 2 rings (SSSR count). The number of carbonyl (C=O) groups is 1. The number of amides is 1. The van der Waals surface area contributed by atoms with Crippen LogP contribution in [0.3, 0.4) is 0 Å². The first kappa shape index (κ1) is 18.9. The molecule has 0 spiro atoms. The number of hydrogen-bond acceptors (Lipinski definition) is 4. The van der Waals surface area contributed by atoms with E-state index in [1.165, 1.54) is 13.2 Å². The van der Waals surface area contributed by atoms with E-state index in [2.05, 4.69) is 6.92 Å². The first-order valence-electron chi connectivity index (χ1n) is 7.81. The van der Waals surface area contributed by atoms with Gasteiger partial charge in [0.05, 0.1) is 19.1 Å². The van der Waals surface area contributed by atoms with Crippen molar-refractivity contribution in [2.24, 2.45) is 5.92 Å². The van der Waals surface area contributed by atoms with Crippen LogP contribution in [0.25, 0.3) is 0 Å². The molecule has 1 aliphatic rings. The highest BCUT2D eigenvalue weighted by Gasteiger charge is 2.28. The molecule has 1 atom stereocenters. The number of ether oxygens (including phenoxy) is 1. The van der Waals surface area contributed by atoms with E-state index < -0.39 is 10.0 Å². The summed E-state index contributed by atoms with van der Waals surface area (Å²) in [6.07, 6.45) is 3.09. The molecule has 1 unspecified atom stereocenters. The zero-order valence-electron chi connectivity index (χ0n) is 14.2. The second kappa shape index (κ2) is 7.61. The van der Waals surface area contributed by atoms with Gasteiger partial charge in [0.15, 0.2) is 0 Å². The summed E-state index contributed by atoms with van der Waals surface area (Å²) in [4.78, 5) is 14.3. The maximum atomic E-state index is 12.6. The average Bonchev–Trinajstić information content (AvgIpc) is 2.51. The lowest BCUT2D eigenvalue weighted by atomic mass is 10.0. The number of likely N-dealkylation sites (tertiary alicyclic amines) is 1. The highest BCUT2D eigenvalue weighted by Crippen LogP contribution is 2.32. The van der Waals surface area contributed by atoms with E-state index in [1.807, 2.05) is 0 Å². The van der Waals surface area contributed by atoms with Crippen LogP contribution in [-0.4, -0.2) is 52.2 Å². The Morgan fingerprint density at radius 1 is 1.46 bits per heavy atom. The lowest BCUT2D eigenvalue weighted by molar-refractivity contribution is -0.131. The predicted octanol–water partition coefficient (Wildman–Crippen LogP) is 2.37. The Morgan fingerprint density at radius 2 is 2.17 bits per heavy atom. The lowest BCUT2D eigenvalue weighted by Gasteiger charge is -2.33. The molecular formula is C16H23ClN2O4S. The van der Waals surface area contributed by atoms with Crippen LogP contribution in [0.2, 0.25) is 5.02 Å². The number of sulfonamides is 1. The van der Waals surface area contributed by atoms with Crippen LogP contribution in [0, 0.1) is 5.92 Å². The molecule has 1 aromatic carbocycles. The van der Waals surface area contributed by atoms with Gasteiger partial charge in [-0.1, -0.05) is 18.5 Å². The second-order valence-electron chi connectivity index (χ2n) is 6.17. The molecule has 1 aliphatic heterocycles. The number of methoxy groups -OCH3 is 1. The minimum atomic E-state index is -3.67. The third kappa shape index (κ3) is 4.54. The van der Waals surface area contributed by atoms with Crippen molar-refractivity contribution >= 4 is 33.2 Å². The number of nitrogens with zero attached hydrogens (tertiary/aromatic N) is 2. The molecule has 0 aromatic heterocycles. The number of benzene rings is 1. The molecule has 1 amide bonds. The summed E-state index contributed by atoms with van der Waals surface area (Å²) in [5, 5.41) is 0.374. The Bertz CT molecular complexity index is 708. The fourth-order valence-electron chi connectivity index (χ4n) is 2.88. The molecule has 1 fully saturated rings. The van der Waals surface area contributed by atoms with E-state index in [9.17, 15) is 13.2 Å². The Hall–Kier alpha value is -1.47. The summed E-state index contributed by atoms with van der Waals surface area (Å²) in [7, 11) is -2.22. The molecule has 1 aromatic rings. The summed E-state index contributed by atoms with van der Waals surface area (Å²) >= 11 is 6.00.